The molecule has 1 aliphatic heterocycles. The molecule has 0 aromatic heterocycles. The predicted molar refractivity (Wildman–Crippen MR) is 111 cm³/mol. The molecular formula is C23H28N2O4. The number of phenolic OH excluding ortho intramolecular Hbond substituents is 1. The Balaban J connectivity index is 1.58. The Morgan fingerprint density at radius 3 is 2.24 bits per heavy atom. The molecular weight excluding hydrogens is 368 g/mol. The van der Waals surface area contributed by atoms with Crippen LogP contribution in [0.1, 0.15) is 42.6 Å². The van der Waals surface area contributed by atoms with Crippen molar-refractivity contribution >= 4 is 11.8 Å². The van der Waals surface area contributed by atoms with Crippen molar-refractivity contribution in [3.05, 3.63) is 59.7 Å². The lowest BCUT2D eigenvalue weighted by Crippen LogP contribution is -2.53. The summed E-state index contributed by atoms with van der Waals surface area (Å²) in [6, 6.07) is 14.1. The first-order valence-electron chi connectivity index (χ1n) is 9.99. The molecule has 29 heavy (non-hydrogen) atoms. The largest absolute Gasteiger partial charge is 0.508 e. The average Bonchev–Trinajstić information content (AvgIpc) is 2.73. The summed E-state index contributed by atoms with van der Waals surface area (Å²) in [5, 5.41) is 9.57. The van der Waals surface area contributed by atoms with Crippen molar-refractivity contribution in [1.29, 1.82) is 0 Å². The number of aromatic hydroxyl groups is 1. The van der Waals surface area contributed by atoms with Crippen LogP contribution in [0, 0.1) is 0 Å². The Hall–Kier alpha value is -3.02. The van der Waals surface area contributed by atoms with E-state index in [-0.39, 0.29) is 17.6 Å². The molecule has 0 radical (unpaired) electrons. The molecule has 1 heterocycles. The zero-order chi connectivity index (χ0) is 21.0. The third-order valence-electron chi connectivity index (χ3n) is 5.16. The van der Waals surface area contributed by atoms with Gasteiger partial charge in [-0.15, -0.1) is 0 Å². The average molecular weight is 396 g/mol. The number of carbonyl (C=O) groups is 2. The highest BCUT2D eigenvalue weighted by atomic mass is 16.5. The summed E-state index contributed by atoms with van der Waals surface area (Å²) in [6.45, 7) is 7.79. The smallest absolute Gasteiger partial charge is 0.263 e. The molecule has 2 amide bonds. The predicted octanol–water partition coefficient (Wildman–Crippen LogP) is 3.27. The van der Waals surface area contributed by atoms with Crippen LogP contribution in [-0.4, -0.2) is 59.0 Å². The molecule has 2 aromatic carbocycles. The third kappa shape index (κ3) is 4.88. The summed E-state index contributed by atoms with van der Waals surface area (Å²) in [5.74, 6) is 0.898. The quantitative estimate of drug-likeness (QED) is 0.842. The molecule has 0 spiro atoms. The van der Waals surface area contributed by atoms with E-state index in [0.717, 1.165) is 11.3 Å². The fourth-order valence-corrected chi connectivity index (χ4v) is 3.51. The van der Waals surface area contributed by atoms with Crippen LogP contribution in [0.4, 0.5) is 0 Å². The Morgan fingerprint density at radius 2 is 1.59 bits per heavy atom. The third-order valence-corrected chi connectivity index (χ3v) is 5.16. The van der Waals surface area contributed by atoms with E-state index >= 15 is 0 Å². The topological polar surface area (TPSA) is 70.1 Å². The molecule has 2 aromatic rings. The van der Waals surface area contributed by atoms with Crippen LogP contribution in [0.15, 0.2) is 48.5 Å². The number of para-hydroxylation sites is 1. The van der Waals surface area contributed by atoms with Crippen molar-refractivity contribution in [2.24, 2.45) is 0 Å². The second-order valence-corrected chi connectivity index (χ2v) is 7.62. The second kappa shape index (κ2) is 8.99. The molecule has 6 heteroatoms. The normalized spacial score (nSPS) is 15.3. The van der Waals surface area contributed by atoms with Crippen molar-refractivity contribution in [3.63, 3.8) is 0 Å². The molecule has 1 aliphatic rings. The lowest BCUT2D eigenvalue weighted by Gasteiger charge is -2.36. The van der Waals surface area contributed by atoms with Gasteiger partial charge in [0.2, 0.25) is 0 Å². The first-order valence-corrected chi connectivity index (χ1v) is 9.99. The SMILES string of the molecule is CC(Oc1ccccc1C(C)C)C(=O)N1CCN(C(=O)c2cccc(O)c2)CC1. The maximum absolute atomic E-state index is 12.8. The van der Waals surface area contributed by atoms with Gasteiger partial charge in [-0.25, -0.2) is 0 Å². The first kappa shape index (κ1) is 20.7. The van der Waals surface area contributed by atoms with E-state index in [9.17, 15) is 14.7 Å². The Kier molecular flexibility index (Phi) is 6.42. The van der Waals surface area contributed by atoms with Crippen LogP contribution in [0.3, 0.4) is 0 Å². The van der Waals surface area contributed by atoms with Gasteiger partial charge in [0.1, 0.15) is 11.5 Å². The molecule has 1 unspecified atom stereocenters. The highest BCUT2D eigenvalue weighted by Gasteiger charge is 2.28. The number of hydrogen-bond acceptors (Lipinski definition) is 4. The Morgan fingerprint density at radius 1 is 0.931 bits per heavy atom. The molecule has 154 valence electrons. The van der Waals surface area contributed by atoms with Crippen LogP contribution in [0.5, 0.6) is 11.5 Å². The fraction of sp³-hybridized carbons (Fsp3) is 0.391. The van der Waals surface area contributed by atoms with Gasteiger partial charge in [-0.1, -0.05) is 38.1 Å². The molecule has 0 saturated carbocycles. The number of ether oxygens (including phenoxy) is 1. The van der Waals surface area contributed by atoms with E-state index in [0.29, 0.717) is 37.7 Å². The summed E-state index contributed by atoms with van der Waals surface area (Å²) in [5.41, 5.74) is 1.53. The second-order valence-electron chi connectivity index (χ2n) is 7.62. The molecule has 3 rings (SSSR count). The Bertz CT molecular complexity index is 873. The van der Waals surface area contributed by atoms with Crippen molar-refractivity contribution in [3.8, 4) is 11.5 Å². The summed E-state index contributed by atoms with van der Waals surface area (Å²) < 4.78 is 5.98. The first-order chi connectivity index (χ1) is 13.9. The minimum Gasteiger partial charge on any atom is -0.508 e. The van der Waals surface area contributed by atoms with Gasteiger partial charge >= 0.3 is 0 Å². The van der Waals surface area contributed by atoms with E-state index in [1.165, 1.54) is 12.1 Å². The highest BCUT2D eigenvalue weighted by molar-refractivity contribution is 5.94. The Labute approximate surface area is 171 Å². The molecule has 0 aliphatic carbocycles. The minimum absolute atomic E-state index is 0.0670. The van der Waals surface area contributed by atoms with Crippen molar-refractivity contribution in [2.45, 2.75) is 32.8 Å². The number of amides is 2. The van der Waals surface area contributed by atoms with Gasteiger partial charge in [0.15, 0.2) is 6.10 Å². The van der Waals surface area contributed by atoms with Gasteiger partial charge in [-0.2, -0.15) is 0 Å². The number of rotatable bonds is 5. The maximum Gasteiger partial charge on any atom is 0.263 e. The fourth-order valence-electron chi connectivity index (χ4n) is 3.51. The number of phenols is 1. The van der Waals surface area contributed by atoms with E-state index in [1.807, 2.05) is 24.3 Å². The van der Waals surface area contributed by atoms with Gasteiger partial charge in [-0.05, 0) is 42.7 Å². The van der Waals surface area contributed by atoms with Crippen LogP contribution in [-0.2, 0) is 4.79 Å². The number of carbonyl (C=O) groups excluding carboxylic acids is 2. The van der Waals surface area contributed by atoms with Crippen LogP contribution >= 0.6 is 0 Å². The number of benzene rings is 2. The monoisotopic (exact) mass is 396 g/mol. The number of nitrogens with zero attached hydrogens (tertiary/aromatic N) is 2. The van der Waals surface area contributed by atoms with Crippen molar-refractivity contribution < 1.29 is 19.4 Å². The highest BCUT2D eigenvalue weighted by Crippen LogP contribution is 2.27. The number of hydrogen-bond donors (Lipinski definition) is 1. The van der Waals surface area contributed by atoms with Gasteiger partial charge < -0.3 is 19.6 Å². The zero-order valence-electron chi connectivity index (χ0n) is 17.2. The minimum atomic E-state index is -0.594. The molecule has 0 bridgehead atoms. The lowest BCUT2D eigenvalue weighted by molar-refractivity contribution is -0.139. The van der Waals surface area contributed by atoms with Gasteiger partial charge in [-0.3, -0.25) is 9.59 Å². The van der Waals surface area contributed by atoms with Gasteiger partial charge in [0, 0.05) is 31.7 Å². The van der Waals surface area contributed by atoms with E-state index in [1.54, 1.807) is 28.9 Å². The van der Waals surface area contributed by atoms with Crippen molar-refractivity contribution in [2.75, 3.05) is 26.2 Å². The van der Waals surface area contributed by atoms with E-state index < -0.39 is 6.10 Å². The molecule has 1 atom stereocenters. The molecule has 1 N–H and O–H groups in total. The summed E-state index contributed by atoms with van der Waals surface area (Å²) >= 11 is 0. The van der Waals surface area contributed by atoms with E-state index in [4.69, 9.17) is 4.74 Å². The van der Waals surface area contributed by atoms with E-state index in [2.05, 4.69) is 13.8 Å². The van der Waals surface area contributed by atoms with Crippen LogP contribution in [0.2, 0.25) is 0 Å². The summed E-state index contributed by atoms with van der Waals surface area (Å²) in [4.78, 5) is 28.9. The molecule has 1 saturated heterocycles. The van der Waals surface area contributed by atoms with Crippen LogP contribution in [0.25, 0.3) is 0 Å². The van der Waals surface area contributed by atoms with Crippen LogP contribution < -0.4 is 4.74 Å². The lowest BCUT2D eigenvalue weighted by atomic mass is 10.0. The zero-order valence-corrected chi connectivity index (χ0v) is 17.2. The molecule has 6 nitrogen and oxygen atoms in total. The summed E-state index contributed by atoms with van der Waals surface area (Å²) in [6.07, 6.45) is -0.594. The van der Waals surface area contributed by atoms with Crippen molar-refractivity contribution in [1.82, 2.24) is 9.80 Å². The van der Waals surface area contributed by atoms with Gasteiger partial charge in [0.25, 0.3) is 11.8 Å². The van der Waals surface area contributed by atoms with Gasteiger partial charge in [0.05, 0.1) is 0 Å². The standard InChI is InChI=1S/C23H28N2O4/c1-16(2)20-9-4-5-10-21(20)29-17(3)22(27)24-11-13-25(14-12-24)23(28)18-7-6-8-19(26)15-18/h4-10,15-17,26H,11-14H2,1-3H3. The summed E-state index contributed by atoms with van der Waals surface area (Å²) in [7, 11) is 0. The molecule has 1 fully saturated rings. The maximum atomic E-state index is 12.8. The number of piperazine rings is 1.